The predicted octanol–water partition coefficient (Wildman–Crippen LogP) is 1.15. The summed E-state index contributed by atoms with van der Waals surface area (Å²) in [6.45, 7) is 3.13. The fraction of sp³-hybridized carbons (Fsp3) is 0.900. The summed E-state index contributed by atoms with van der Waals surface area (Å²) in [5, 5.41) is 25.1. The van der Waals surface area contributed by atoms with Crippen LogP contribution in [0.2, 0.25) is 0 Å². The minimum atomic E-state index is -1.23. The fourth-order valence-electron chi connectivity index (χ4n) is 1.31. The fourth-order valence-corrected chi connectivity index (χ4v) is 1.31. The molecule has 0 spiro atoms. The van der Waals surface area contributed by atoms with Gasteiger partial charge in [-0.1, -0.05) is 19.3 Å². The van der Waals surface area contributed by atoms with E-state index in [1.165, 1.54) is 26.2 Å². The van der Waals surface area contributed by atoms with Gasteiger partial charge in [0.1, 0.15) is 6.10 Å². The quantitative estimate of drug-likeness (QED) is 0.598. The largest absolute Gasteiger partial charge is 0.479 e. The molecule has 0 aromatic heterocycles. The average molecular weight is 204 g/mol. The van der Waals surface area contributed by atoms with Gasteiger partial charge in [0.15, 0.2) is 0 Å². The summed E-state index contributed by atoms with van der Waals surface area (Å²) in [6, 6.07) is 0. The van der Waals surface area contributed by atoms with Gasteiger partial charge in [-0.05, 0) is 26.7 Å². The molecule has 0 saturated heterocycles. The predicted molar refractivity (Wildman–Crippen MR) is 53.0 cm³/mol. The van der Waals surface area contributed by atoms with E-state index in [0.717, 1.165) is 12.8 Å². The summed E-state index contributed by atoms with van der Waals surface area (Å²) in [7, 11) is 0. The summed E-state index contributed by atoms with van der Waals surface area (Å²) in [5.41, 5.74) is -0.321. The number of aliphatic hydroxyl groups excluding tert-OH is 1. The Balaban J connectivity index is 0.000000255. The molecule has 0 radical (unpaired) electrons. The molecule has 0 heterocycles. The van der Waals surface area contributed by atoms with Gasteiger partial charge in [-0.15, -0.1) is 0 Å². The third-order valence-electron chi connectivity index (χ3n) is 2.29. The van der Waals surface area contributed by atoms with Crippen LogP contribution in [0.25, 0.3) is 0 Å². The highest BCUT2D eigenvalue weighted by molar-refractivity contribution is 5.71. The number of carbonyl (C=O) groups is 1. The molecule has 14 heavy (non-hydrogen) atoms. The first kappa shape index (κ1) is 13.4. The van der Waals surface area contributed by atoms with Crippen LogP contribution in [-0.4, -0.2) is 33.0 Å². The standard InChI is InChI=1S/C7H14O.C3H6O3/c1-7(8)5-3-2-4-6-7;1-2(4)3(5)6/h8H,2-6H2,1H3;2,4H,1H3,(H,5,6). The van der Waals surface area contributed by atoms with E-state index in [0.29, 0.717) is 0 Å². The van der Waals surface area contributed by atoms with E-state index in [4.69, 9.17) is 10.2 Å². The molecule has 4 nitrogen and oxygen atoms in total. The topological polar surface area (TPSA) is 77.8 Å². The van der Waals surface area contributed by atoms with Crippen molar-refractivity contribution in [2.75, 3.05) is 0 Å². The molecule has 84 valence electrons. The Morgan fingerprint density at radius 2 is 1.64 bits per heavy atom. The Morgan fingerprint density at radius 3 is 1.79 bits per heavy atom. The first-order valence-corrected chi connectivity index (χ1v) is 4.98. The molecule has 0 aromatic rings. The third-order valence-corrected chi connectivity index (χ3v) is 2.29. The Bertz CT molecular complexity index is 167. The van der Waals surface area contributed by atoms with Crippen molar-refractivity contribution in [1.29, 1.82) is 0 Å². The molecule has 1 fully saturated rings. The molecule has 1 atom stereocenters. The monoisotopic (exact) mass is 204 g/mol. The molecule has 0 amide bonds. The lowest BCUT2D eigenvalue weighted by Crippen LogP contribution is -2.26. The first-order valence-electron chi connectivity index (χ1n) is 4.98. The Hall–Kier alpha value is -0.610. The zero-order valence-corrected chi connectivity index (χ0v) is 8.86. The van der Waals surface area contributed by atoms with Crippen LogP contribution in [0.4, 0.5) is 0 Å². The molecular weight excluding hydrogens is 184 g/mol. The number of hydrogen-bond acceptors (Lipinski definition) is 3. The maximum atomic E-state index is 9.45. The van der Waals surface area contributed by atoms with Crippen molar-refractivity contribution in [3.8, 4) is 0 Å². The molecule has 3 N–H and O–H groups in total. The lowest BCUT2D eigenvalue weighted by molar-refractivity contribution is -0.145. The normalized spacial score (nSPS) is 21.7. The van der Waals surface area contributed by atoms with Crippen molar-refractivity contribution in [3.63, 3.8) is 0 Å². The van der Waals surface area contributed by atoms with Gasteiger partial charge in [-0.3, -0.25) is 0 Å². The Labute approximate surface area is 84.6 Å². The van der Waals surface area contributed by atoms with Crippen molar-refractivity contribution in [2.45, 2.75) is 57.7 Å². The van der Waals surface area contributed by atoms with E-state index in [-0.39, 0.29) is 5.60 Å². The lowest BCUT2D eigenvalue weighted by Gasteiger charge is -2.27. The summed E-state index contributed by atoms with van der Waals surface area (Å²) in [5.74, 6) is -1.19. The lowest BCUT2D eigenvalue weighted by atomic mass is 9.87. The van der Waals surface area contributed by atoms with E-state index in [1.54, 1.807) is 0 Å². The van der Waals surface area contributed by atoms with Gasteiger partial charge in [-0.2, -0.15) is 0 Å². The van der Waals surface area contributed by atoms with Crippen LogP contribution < -0.4 is 0 Å². The molecule has 0 bridgehead atoms. The second-order valence-corrected chi connectivity index (χ2v) is 4.07. The molecule has 1 saturated carbocycles. The van der Waals surface area contributed by atoms with Crippen molar-refractivity contribution in [3.05, 3.63) is 0 Å². The van der Waals surface area contributed by atoms with Crippen molar-refractivity contribution < 1.29 is 20.1 Å². The van der Waals surface area contributed by atoms with Gasteiger partial charge in [0, 0.05) is 0 Å². The van der Waals surface area contributed by atoms with Gasteiger partial charge < -0.3 is 15.3 Å². The Kier molecular flexibility index (Phi) is 5.72. The molecule has 1 aliphatic rings. The van der Waals surface area contributed by atoms with Crippen LogP contribution in [0, 0.1) is 0 Å². The zero-order chi connectivity index (χ0) is 11.2. The van der Waals surface area contributed by atoms with E-state index < -0.39 is 12.1 Å². The number of carboxylic acids is 1. The number of aliphatic carboxylic acids is 1. The maximum Gasteiger partial charge on any atom is 0.332 e. The van der Waals surface area contributed by atoms with Crippen LogP contribution in [-0.2, 0) is 4.79 Å². The number of hydrogen-bond donors (Lipinski definition) is 3. The molecule has 0 aliphatic heterocycles. The van der Waals surface area contributed by atoms with Crippen LogP contribution in [0.3, 0.4) is 0 Å². The summed E-state index contributed by atoms with van der Waals surface area (Å²) in [4.78, 5) is 9.45. The van der Waals surface area contributed by atoms with Crippen LogP contribution in [0.15, 0.2) is 0 Å². The van der Waals surface area contributed by atoms with Gasteiger partial charge in [0.05, 0.1) is 5.60 Å². The highest BCUT2D eigenvalue weighted by atomic mass is 16.4. The molecule has 1 aliphatic carbocycles. The molecule has 4 heteroatoms. The van der Waals surface area contributed by atoms with Crippen LogP contribution in [0.5, 0.6) is 0 Å². The van der Waals surface area contributed by atoms with Gasteiger partial charge >= 0.3 is 5.97 Å². The van der Waals surface area contributed by atoms with Crippen LogP contribution in [0.1, 0.15) is 46.0 Å². The van der Waals surface area contributed by atoms with Crippen molar-refractivity contribution in [2.24, 2.45) is 0 Å². The van der Waals surface area contributed by atoms with E-state index >= 15 is 0 Å². The second-order valence-electron chi connectivity index (χ2n) is 4.07. The minimum Gasteiger partial charge on any atom is -0.479 e. The maximum absolute atomic E-state index is 9.45. The smallest absolute Gasteiger partial charge is 0.332 e. The minimum absolute atomic E-state index is 0.321. The zero-order valence-electron chi connectivity index (χ0n) is 8.86. The highest BCUT2D eigenvalue weighted by Gasteiger charge is 2.22. The van der Waals surface area contributed by atoms with Crippen LogP contribution >= 0.6 is 0 Å². The van der Waals surface area contributed by atoms with Crippen molar-refractivity contribution >= 4 is 5.97 Å². The van der Waals surface area contributed by atoms with Gasteiger partial charge in [-0.25, -0.2) is 4.79 Å². The third kappa shape index (κ3) is 6.86. The molecule has 0 aromatic carbocycles. The summed E-state index contributed by atoms with van der Waals surface area (Å²) in [6.07, 6.45) is 4.53. The second kappa shape index (κ2) is 5.98. The van der Waals surface area contributed by atoms with E-state index in [2.05, 4.69) is 0 Å². The van der Waals surface area contributed by atoms with Gasteiger partial charge in [0.25, 0.3) is 0 Å². The highest BCUT2D eigenvalue weighted by Crippen LogP contribution is 2.26. The number of carboxylic acid groups (broad SMARTS) is 1. The molecular formula is C10H20O4. The first-order chi connectivity index (χ1) is 6.35. The Morgan fingerprint density at radius 1 is 1.29 bits per heavy atom. The average Bonchev–Trinajstić information content (AvgIpc) is 2.04. The van der Waals surface area contributed by atoms with E-state index in [9.17, 15) is 9.90 Å². The van der Waals surface area contributed by atoms with Gasteiger partial charge in [0.2, 0.25) is 0 Å². The summed E-state index contributed by atoms with van der Waals surface area (Å²) >= 11 is 0. The molecule has 1 rings (SSSR count). The number of aliphatic hydroxyl groups is 2. The summed E-state index contributed by atoms with van der Waals surface area (Å²) < 4.78 is 0. The van der Waals surface area contributed by atoms with E-state index in [1.807, 2.05) is 6.92 Å². The molecule has 1 unspecified atom stereocenters. The SMILES string of the molecule is CC(O)C(=O)O.CC1(O)CCCCC1. The number of rotatable bonds is 1. The van der Waals surface area contributed by atoms with Crippen molar-refractivity contribution in [1.82, 2.24) is 0 Å².